The molecule has 1 aromatic rings. The van der Waals surface area contributed by atoms with E-state index in [4.69, 9.17) is 0 Å². The van der Waals surface area contributed by atoms with E-state index in [1.54, 1.807) is 7.05 Å². The van der Waals surface area contributed by atoms with E-state index in [0.29, 0.717) is 13.0 Å². The van der Waals surface area contributed by atoms with Gasteiger partial charge in [0.05, 0.1) is 6.04 Å². The minimum Gasteiger partial charge on any atom is -0.382 e. The fourth-order valence-corrected chi connectivity index (χ4v) is 3.14. The highest BCUT2D eigenvalue weighted by Gasteiger charge is 2.48. The number of aliphatic hydroxyl groups is 1. The van der Waals surface area contributed by atoms with Crippen LogP contribution in [0, 0.1) is 0 Å². The molecular formula is C18H23F3N2O3. The summed E-state index contributed by atoms with van der Waals surface area (Å²) < 4.78 is 38.1. The number of carbonyl (C=O) groups is 2. The SMILES string of the molecule is CN(Cc1ccccc1)C(=O)CCC(=O)N1CCC[C@H]1[C@H](O)C(F)(F)F. The van der Waals surface area contributed by atoms with Gasteiger partial charge in [-0.1, -0.05) is 30.3 Å². The Kier molecular flexibility index (Phi) is 6.63. The average molecular weight is 372 g/mol. The molecule has 5 nitrogen and oxygen atoms in total. The monoisotopic (exact) mass is 372 g/mol. The lowest BCUT2D eigenvalue weighted by Crippen LogP contribution is -2.49. The van der Waals surface area contributed by atoms with Crippen molar-refractivity contribution in [2.24, 2.45) is 0 Å². The van der Waals surface area contributed by atoms with E-state index in [0.717, 1.165) is 10.5 Å². The van der Waals surface area contributed by atoms with Crippen LogP contribution in [0.5, 0.6) is 0 Å². The first-order valence-corrected chi connectivity index (χ1v) is 8.52. The molecule has 1 aromatic carbocycles. The van der Waals surface area contributed by atoms with Crippen LogP contribution in [0.1, 0.15) is 31.2 Å². The van der Waals surface area contributed by atoms with Gasteiger partial charge in [-0.15, -0.1) is 0 Å². The molecular weight excluding hydrogens is 349 g/mol. The van der Waals surface area contributed by atoms with Gasteiger partial charge in [0.2, 0.25) is 11.8 Å². The first kappa shape index (κ1) is 20.2. The van der Waals surface area contributed by atoms with Gasteiger partial charge in [0, 0.05) is 33.0 Å². The Morgan fingerprint density at radius 3 is 2.54 bits per heavy atom. The molecule has 144 valence electrons. The number of likely N-dealkylation sites (tertiary alicyclic amines) is 1. The molecule has 2 atom stereocenters. The molecule has 0 radical (unpaired) electrons. The number of hydrogen-bond acceptors (Lipinski definition) is 3. The molecule has 0 spiro atoms. The molecule has 1 saturated heterocycles. The van der Waals surface area contributed by atoms with Crippen LogP contribution in [0.3, 0.4) is 0 Å². The van der Waals surface area contributed by atoms with E-state index in [-0.39, 0.29) is 31.7 Å². The number of hydrogen-bond donors (Lipinski definition) is 1. The van der Waals surface area contributed by atoms with E-state index in [2.05, 4.69) is 0 Å². The van der Waals surface area contributed by atoms with Gasteiger partial charge in [-0.3, -0.25) is 9.59 Å². The number of aliphatic hydroxyl groups excluding tert-OH is 1. The largest absolute Gasteiger partial charge is 0.416 e. The Morgan fingerprint density at radius 2 is 1.92 bits per heavy atom. The van der Waals surface area contributed by atoms with Gasteiger partial charge in [-0.2, -0.15) is 13.2 Å². The van der Waals surface area contributed by atoms with Gasteiger partial charge in [-0.05, 0) is 18.4 Å². The second-order valence-electron chi connectivity index (χ2n) is 6.52. The van der Waals surface area contributed by atoms with Crippen molar-refractivity contribution in [3.63, 3.8) is 0 Å². The highest BCUT2D eigenvalue weighted by Crippen LogP contribution is 2.31. The van der Waals surface area contributed by atoms with Crippen molar-refractivity contribution >= 4 is 11.8 Å². The van der Waals surface area contributed by atoms with Crippen LogP contribution in [-0.2, 0) is 16.1 Å². The Labute approximate surface area is 150 Å². The van der Waals surface area contributed by atoms with Crippen molar-refractivity contribution in [2.75, 3.05) is 13.6 Å². The van der Waals surface area contributed by atoms with Crippen molar-refractivity contribution < 1.29 is 27.9 Å². The molecule has 2 amide bonds. The maximum atomic E-state index is 12.7. The predicted octanol–water partition coefficient (Wildman–Crippen LogP) is 2.34. The van der Waals surface area contributed by atoms with Crippen molar-refractivity contribution in [3.8, 4) is 0 Å². The van der Waals surface area contributed by atoms with Gasteiger partial charge in [-0.25, -0.2) is 0 Å². The van der Waals surface area contributed by atoms with E-state index >= 15 is 0 Å². The predicted molar refractivity (Wildman–Crippen MR) is 88.9 cm³/mol. The van der Waals surface area contributed by atoms with Gasteiger partial charge >= 0.3 is 6.18 Å². The summed E-state index contributed by atoms with van der Waals surface area (Å²) in [6, 6.07) is 8.07. The van der Waals surface area contributed by atoms with E-state index < -0.39 is 24.2 Å². The van der Waals surface area contributed by atoms with Crippen molar-refractivity contribution in [1.29, 1.82) is 0 Å². The van der Waals surface area contributed by atoms with Crippen LogP contribution in [-0.4, -0.2) is 58.6 Å². The second kappa shape index (κ2) is 8.53. The lowest BCUT2D eigenvalue weighted by molar-refractivity contribution is -0.219. The Hall–Kier alpha value is -2.09. The number of nitrogens with zero attached hydrogens (tertiary/aromatic N) is 2. The summed E-state index contributed by atoms with van der Waals surface area (Å²) in [6.45, 7) is 0.567. The molecule has 0 bridgehead atoms. The van der Waals surface area contributed by atoms with E-state index in [1.807, 2.05) is 30.3 Å². The molecule has 2 rings (SSSR count). The van der Waals surface area contributed by atoms with Crippen molar-refractivity contribution in [2.45, 2.75) is 50.6 Å². The zero-order valence-corrected chi connectivity index (χ0v) is 14.6. The summed E-state index contributed by atoms with van der Waals surface area (Å²) in [7, 11) is 1.62. The van der Waals surface area contributed by atoms with Gasteiger partial charge in [0.1, 0.15) is 0 Å². The number of amides is 2. The first-order valence-electron chi connectivity index (χ1n) is 8.52. The molecule has 1 aliphatic rings. The molecule has 1 heterocycles. The van der Waals surface area contributed by atoms with Crippen LogP contribution >= 0.6 is 0 Å². The van der Waals surface area contributed by atoms with Crippen molar-refractivity contribution in [3.05, 3.63) is 35.9 Å². The molecule has 0 aliphatic carbocycles. The minimum atomic E-state index is -4.76. The molecule has 26 heavy (non-hydrogen) atoms. The summed E-state index contributed by atoms with van der Waals surface area (Å²) in [6.07, 6.45) is -7.05. The van der Waals surface area contributed by atoms with Crippen molar-refractivity contribution in [1.82, 2.24) is 9.80 Å². The summed E-state index contributed by atoms with van der Waals surface area (Å²) in [5.74, 6) is -0.786. The maximum absolute atomic E-state index is 12.7. The minimum absolute atomic E-state index is 0.0759. The highest BCUT2D eigenvalue weighted by atomic mass is 19.4. The highest BCUT2D eigenvalue weighted by molar-refractivity contribution is 5.84. The summed E-state index contributed by atoms with van der Waals surface area (Å²) >= 11 is 0. The topological polar surface area (TPSA) is 60.9 Å². The average Bonchev–Trinajstić information content (AvgIpc) is 3.08. The number of rotatable bonds is 6. The van der Waals surface area contributed by atoms with Gasteiger partial charge < -0.3 is 14.9 Å². The zero-order chi connectivity index (χ0) is 19.3. The fourth-order valence-electron chi connectivity index (χ4n) is 3.14. The maximum Gasteiger partial charge on any atom is 0.416 e. The second-order valence-corrected chi connectivity index (χ2v) is 6.52. The number of halogens is 3. The third-order valence-corrected chi connectivity index (χ3v) is 4.56. The summed E-state index contributed by atoms with van der Waals surface area (Å²) in [5, 5.41) is 9.44. The van der Waals surface area contributed by atoms with Gasteiger partial charge in [0.25, 0.3) is 0 Å². The van der Waals surface area contributed by atoms with Crippen LogP contribution in [0.25, 0.3) is 0 Å². The summed E-state index contributed by atoms with van der Waals surface area (Å²) in [4.78, 5) is 27.0. The van der Waals surface area contributed by atoms with Crippen LogP contribution in [0.4, 0.5) is 13.2 Å². The molecule has 1 aliphatic heterocycles. The Bertz CT molecular complexity index is 622. The lowest BCUT2D eigenvalue weighted by Gasteiger charge is -2.30. The third kappa shape index (κ3) is 5.20. The standard InChI is InChI=1S/C18H23F3N2O3/c1-22(12-13-6-3-2-4-7-13)15(24)9-10-16(25)23-11-5-8-14(23)17(26)18(19,20)21/h2-4,6-7,14,17,26H,5,8-12H2,1H3/t14-,17-/m0/s1. The smallest absolute Gasteiger partial charge is 0.382 e. The molecule has 8 heteroatoms. The van der Waals surface area contributed by atoms with Gasteiger partial charge in [0.15, 0.2) is 6.10 Å². The van der Waals surface area contributed by atoms with E-state index in [9.17, 15) is 27.9 Å². The normalized spacial score (nSPS) is 18.7. The van der Waals surface area contributed by atoms with E-state index in [1.165, 1.54) is 4.90 Å². The molecule has 0 aromatic heterocycles. The first-order chi connectivity index (χ1) is 12.2. The third-order valence-electron chi connectivity index (χ3n) is 4.56. The zero-order valence-electron chi connectivity index (χ0n) is 14.6. The number of alkyl halides is 3. The Balaban J connectivity index is 1.86. The molecule has 1 fully saturated rings. The lowest BCUT2D eigenvalue weighted by atomic mass is 10.1. The molecule has 0 unspecified atom stereocenters. The van der Waals surface area contributed by atoms with Crippen LogP contribution in [0.15, 0.2) is 30.3 Å². The quantitative estimate of drug-likeness (QED) is 0.834. The van der Waals surface area contributed by atoms with Crippen LogP contribution < -0.4 is 0 Å². The molecule has 0 saturated carbocycles. The number of benzene rings is 1. The fraction of sp³-hybridized carbons (Fsp3) is 0.556. The number of carbonyl (C=O) groups excluding carboxylic acids is 2. The Morgan fingerprint density at radius 1 is 1.27 bits per heavy atom. The molecule has 1 N–H and O–H groups in total. The van der Waals surface area contributed by atoms with Crippen LogP contribution in [0.2, 0.25) is 0 Å². The summed E-state index contributed by atoms with van der Waals surface area (Å²) in [5.41, 5.74) is 0.947.